The van der Waals surface area contributed by atoms with Crippen LogP contribution in [0.15, 0.2) is 18.2 Å². The molecule has 1 saturated carbocycles. The van der Waals surface area contributed by atoms with Crippen LogP contribution in [-0.2, 0) is 0 Å². The van der Waals surface area contributed by atoms with Crippen LogP contribution in [0.2, 0.25) is 0 Å². The third-order valence-electron chi connectivity index (χ3n) is 4.50. The highest BCUT2D eigenvalue weighted by atomic mass is 16.3. The lowest BCUT2D eigenvalue weighted by Crippen LogP contribution is -2.28. The van der Waals surface area contributed by atoms with Gasteiger partial charge in [0.1, 0.15) is 5.75 Å². The van der Waals surface area contributed by atoms with Crippen molar-refractivity contribution >= 4 is 0 Å². The van der Waals surface area contributed by atoms with E-state index < -0.39 is 0 Å². The number of rotatable bonds is 4. The molecule has 1 aliphatic carbocycles. The minimum Gasteiger partial charge on any atom is -0.508 e. The van der Waals surface area contributed by atoms with Crippen LogP contribution in [0.3, 0.4) is 0 Å². The molecule has 0 aromatic heterocycles. The Balaban J connectivity index is 1.85. The Labute approximate surface area is 117 Å². The molecule has 0 amide bonds. The molecule has 2 nitrogen and oxygen atoms in total. The van der Waals surface area contributed by atoms with Gasteiger partial charge in [0.25, 0.3) is 0 Å². The molecule has 2 rings (SSSR count). The van der Waals surface area contributed by atoms with E-state index in [4.69, 9.17) is 0 Å². The van der Waals surface area contributed by atoms with Gasteiger partial charge in [-0.2, -0.15) is 0 Å². The molecule has 1 atom stereocenters. The number of hydrogen-bond donors (Lipinski definition) is 2. The van der Waals surface area contributed by atoms with Crippen LogP contribution in [0, 0.1) is 18.8 Å². The zero-order chi connectivity index (χ0) is 13.8. The number of aryl methyl sites for hydroxylation is 1. The summed E-state index contributed by atoms with van der Waals surface area (Å²) < 4.78 is 0. The van der Waals surface area contributed by atoms with E-state index in [1.165, 1.54) is 25.7 Å². The smallest absolute Gasteiger partial charge is 0.120 e. The van der Waals surface area contributed by atoms with Gasteiger partial charge in [0.05, 0.1) is 0 Å². The lowest BCUT2D eigenvalue weighted by molar-refractivity contribution is 0.275. The van der Waals surface area contributed by atoms with Crippen LogP contribution in [0.25, 0.3) is 0 Å². The molecule has 106 valence electrons. The number of nitrogens with one attached hydrogen (secondary N) is 1. The van der Waals surface area contributed by atoms with E-state index >= 15 is 0 Å². The minimum atomic E-state index is 0.222. The second-order valence-corrected chi connectivity index (χ2v) is 6.32. The van der Waals surface area contributed by atoms with Crippen molar-refractivity contribution < 1.29 is 5.11 Å². The van der Waals surface area contributed by atoms with Crippen molar-refractivity contribution in [2.75, 3.05) is 6.54 Å². The molecule has 1 aliphatic rings. The zero-order valence-electron chi connectivity index (χ0n) is 12.4. The molecule has 2 heteroatoms. The average molecular weight is 261 g/mol. The van der Waals surface area contributed by atoms with E-state index in [-0.39, 0.29) is 6.04 Å². The van der Waals surface area contributed by atoms with Gasteiger partial charge in [-0.25, -0.2) is 0 Å². The van der Waals surface area contributed by atoms with E-state index in [0.717, 1.165) is 29.5 Å². The SMILES string of the molecule is Cc1ccc(C(C)NCC2CCC(C)CC2)c(O)c1. The lowest BCUT2D eigenvalue weighted by Gasteiger charge is -2.27. The molecular formula is C17H27NO. The fraction of sp³-hybridized carbons (Fsp3) is 0.647. The monoisotopic (exact) mass is 261 g/mol. The Morgan fingerprint density at radius 1 is 1.26 bits per heavy atom. The van der Waals surface area contributed by atoms with E-state index in [0.29, 0.717) is 5.75 Å². The van der Waals surface area contributed by atoms with Crippen molar-refractivity contribution in [1.82, 2.24) is 5.32 Å². The van der Waals surface area contributed by atoms with Gasteiger partial charge < -0.3 is 10.4 Å². The standard InChI is InChI=1S/C17H27NO/c1-12-4-7-15(8-5-12)11-18-14(3)16-9-6-13(2)10-17(16)19/h6,9-10,12,14-15,18-19H,4-5,7-8,11H2,1-3H3. The number of aromatic hydroxyl groups is 1. The van der Waals surface area contributed by atoms with Crippen molar-refractivity contribution in [3.05, 3.63) is 29.3 Å². The summed E-state index contributed by atoms with van der Waals surface area (Å²) >= 11 is 0. The Bertz CT molecular complexity index is 408. The van der Waals surface area contributed by atoms with Crippen molar-refractivity contribution in [2.24, 2.45) is 11.8 Å². The van der Waals surface area contributed by atoms with E-state index in [9.17, 15) is 5.11 Å². The van der Waals surface area contributed by atoms with Crippen molar-refractivity contribution in [1.29, 1.82) is 0 Å². The normalized spacial score (nSPS) is 25.2. The predicted molar refractivity (Wildman–Crippen MR) is 80.4 cm³/mol. The summed E-state index contributed by atoms with van der Waals surface area (Å²) in [5.41, 5.74) is 2.12. The number of phenols is 1. The molecule has 0 saturated heterocycles. The topological polar surface area (TPSA) is 32.3 Å². The summed E-state index contributed by atoms with van der Waals surface area (Å²) in [5, 5.41) is 13.6. The fourth-order valence-corrected chi connectivity index (χ4v) is 3.01. The molecule has 1 aromatic carbocycles. The van der Waals surface area contributed by atoms with Gasteiger partial charge in [0.2, 0.25) is 0 Å². The van der Waals surface area contributed by atoms with E-state index in [1.807, 2.05) is 19.1 Å². The Morgan fingerprint density at radius 3 is 2.58 bits per heavy atom. The van der Waals surface area contributed by atoms with Crippen molar-refractivity contribution in [3.8, 4) is 5.75 Å². The Kier molecular flexibility index (Phi) is 4.87. The summed E-state index contributed by atoms with van der Waals surface area (Å²) in [6.45, 7) is 7.57. The molecule has 0 radical (unpaired) electrons. The second-order valence-electron chi connectivity index (χ2n) is 6.32. The van der Waals surface area contributed by atoms with Crippen LogP contribution in [0.1, 0.15) is 56.7 Å². The molecular weight excluding hydrogens is 234 g/mol. The van der Waals surface area contributed by atoms with Gasteiger partial charge in [-0.1, -0.05) is 31.9 Å². The van der Waals surface area contributed by atoms with Gasteiger partial charge in [0.15, 0.2) is 0 Å². The van der Waals surface area contributed by atoms with Gasteiger partial charge in [0, 0.05) is 11.6 Å². The highest BCUT2D eigenvalue weighted by molar-refractivity contribution is 5.37. The van der Waals surface area contributed by atoms with Crippen LogP contribution in [-0.4, -0.2) is 11.7 Å². The summed E-state index contributed by atoms with van der Waals surface area (Å²) in [4.78, 5) is 0. The summed E-state index contributed by atoms with van der Waals surface area (Å²) in [6, 6.07) is 6.16. The average Bonchev–Trinajstić information content (AvgIpc) is 2.37. The molecule has 1 aromatic rings. The molecule has 1 fully saturated rings. The number of hydrogen-bond acceptors (Lipinski definition) is 2. The molecule has 19 heavy (non-hydrogen) atoms. The largest absolute Gasteiger partial charge is 0.508 e. The first-order chi connectivity index (χ1) is 9.06. The maximum atomic E-state index is 9.99. The van der Waals surface area contributed by atoms with Crippen LogP contribution in [0.5, 0.6) is 5.75 Å². The summed E-state index contributed by atoms with van der Waals surface area (Å²) in [7, 11) is 0. The second kappa shape index (κ2) is 6.42. The van der Waals surface area contributed by atoms with E-state index in [2.05, 4.69) is 25.2 Å². The maximum absolute atomic E-state index is 9.99. The first-order valence-electron chi connectivity index (χ1n) is 7.59. The Morgan fingerprint density at radius 2 is 1.95 bits per heavy atom. The van der Waals surface area contributed by atoms with Crippen LogP contribution in [0.4, 0.5) is 0 Å². The Hall–Kier alpha value is -1.02. The molecule has 1 unspecified atom stereocenters. The molecule has 0 spiro atoms. The summed E-state index contributed by atoms with van der Waals surface area (Å²) in [5.74, 6) is 2.14. The van der Waals surface area contributed by atoms with Crippen molar-refractivity contribution in [2.45, 2.75) is 52.5 Å². The molecule has 0 heterocycles. The number of phenolic OH excluding ortho intramolecular Hbond substituents is 1. The maximum Gasteiger partial charge on any atom is 0.120 e. The predicted octanol–water partition coefficient (Wildman–Crippen LogP) is 4.18. The van der Waals surface area contributed by atoms with E-state index in [1.54, 1.807) is 0 Å². The highest BCUT2D eigenvalue weighted by Gasteiger charge is 2.19. The van der Waals surface area contributed by atoms with Crippen LogP contribution < -0.4 is 5.32 Å². The highest BCUT2D eigenvalue weighted by Crippen LogP contribution is 2.29. The third kappa shape index (κ3) is 3.97. The van der Waals surface area contributed by atoms with Gasteiger partial charge in [-0.15, -0.1) is 0 Å². The van der Waals surface area contributed by atoms with Crippen LogP contribution >= 0.6 is 0 Å². The van der Waals surface area contributed by atoms with Gasteiger partial charge in [-0.05, 0) is 56.7 Å². The molecule has 0 bridgehead atoms. The summed E-state index contributed by atoms with van der Waals surface area (Å²) in [6.07, 6.45) is 5.44. The first kappa shape index (κ1) is 14.4. The van der Waals surface area contributed by atoms with Crippen molar-refractivity contribution in [3.63, 3.8) is 0 Å². The quantitative estimate of drug-likeness (QED) is 0.852. The zero-order valence-corrected chi connectivity index (χ0v) is 12.4. The third-order valence-corrected chi connectivity index (χ3v) is 4.50. The number of benzene rings is 1. The molecule has 2 N–H and O–H groups in total. The minimum absolute atomic E-state index is 0.222. The van der Waals surface area contributed by atoms with Gasteiger partial charge in [-0.3, -0.25) is 0 Å². The van der Waals surface area contributed by atoms with Gasteiger partial charge >= 0.3 is 0 Å². The lowest BCUT2D eigenvalue weighted by atomic mass is 9.83. The molecule has 0 aliphatic heterocycles. The first-order valence-corrected chi connectivity index (χ1v) is 7.59. The fourth-order valence-electron chi connectivity index (χ4n) is 3.01.